The number of hydrogen-bond donors (Lipinski definition) is 3. The van der Waals surface area contributed by atoms with Crippen LogP contribution < -0.4 is 24.8 Å². The molecule has 0 atom stereocenters. The van der Waals surface area contributed by atoms with Crippen LogP contribution >= 0.6 is 0 Å². The van der Waals surface area contributed by atoms with Crippen LogP contribution in [0.4, 0.5) is 20.2 Å². The number of hydrogen-bond acceptors (Lipinski definition) is 7. The first kappa shape index (κ1) is 33.9. The third-order valence-corrected chi connectivity index (χ3v) is 7.16. The van der Waals surface area contributed by atoms with Crippen molar-refractivity contribution in [3.8, 4) is 23.0 Å². The van der Waals surface area contributed by atoms with E-state index in [1.165, 1.54) is 49.7 Å². The van der Waals surface area contributed by atoms with E-state index in [1.54, 1.807) is 18.2 Å². The van der Waals surface area contributed by atoms with Crippen molar-refractivity contribution < 1.29 is 42.5 Å². The summed E-state index contributed by atoms with van der Waals surface area (Å²) in [6, 6.07) is 14.0. The first-order valence-corrected chi connectivity index (χ1v) is 13.9. The number of halogens is 2. The average Bonchev–Trinajstić information content (AvgIpc) is 3.82. The molecule has 13 heteroatoms. The van der Waals surface area contributed by atoms with Crippen molar-refractivity contribution in [2.45, 2.75) is 32.1 Å². The van der Waals surface area contributed by atoms with Gasteiger partial charge in [-0.3, -0.25) is 19.4 Å². The van der Waals surface area contributed by atoms with Gasteiger partial charge in [-0.05, 0) is 74.2 Å². The van der Waals surface area contributed by atoms with Crippen molar-refractivity contribution >= 4 is 77.8 Å². The van der Waals surface area contributed by atoms with Gasteiger partial charge < -0.3 is 30.0 Å². The number of benzene rings is 3. The van der Waals surface area contributed by atoms with Gasteiger partial charge in [-0.1, -0.05) is 0 Å². The monoisotopic (exact) mass is 647 g/mol. The van der Waals surface area contributed by atoms with Gasteiger partial charge in [0.05, 0.1) is 19.2 Å². The molecule has 3 N–H and O–H groups in total. The Morgan fingerprint density at radius 2 is 1.56 bits per heavy atom. The van der Waals surface area contributed by atoms with Crippen LogP contribution in [0.2, 0.25) is 0 Å². The summed E-state index contributed by atoms with van der Waals surface area (Å²) in [4.78, 5) is 40.8. The van der Waals surface area contributed by atoms with E-state index in [0.29, 0.717) is 66.1 Å². The van der Waals surface area contributed by atoms with Crippen molar-refractivity contribution in [1.29, 1.82) is 0 Å². The third-order valence-electron chi connectivity index (χ3n) is 7.16. The minimum absolute atomic E-state index is 0. The number of carbonyl (C=O) groups excluding carboxylic acids is 2. The Morgan fingerprint density at radius 3 is 2.20 bits per heavy atom. The molecule has 0 radical (unpaired) electrons. The number of amides is 2. The molecule has 0 spiro atoms. The summed E-state index contributed by atoms with van der Waals surface area (Å²) in [5, 5.41) is 14.5. The quantitative estimate of drug-likeness (QED) is 0.0999. The van der Waals surface area contributed by atoms with E-state index in [-0.39, 0.29) is 55.6 Å². The molecule has 1 aliphatic carbocycles. The molecule has 1 aromatic heterocycles. The van der Waals surface area contributed by atoms with Crippen LogP contribution in [0.15, 0.2) is 66.9 Å². The fraction of sp³-hybridized carbons (Fsp3) is 0.250. The predicted molar refractivity (Wildman–Crippen MR) is 166 cm³/mol. The molecule has 1 fully saturated rings. The number of carbonyl (C=O) groups is 3. The van der Waals surface area contributed by atoms with Crippen LogP contribution in [-0.4, -0.2) is 79.3 Å². The Hall–Kier alpha value is -4.00. The SMILES string of the molecule is COc1cc2c(Oc3ccc(NC(=O)C4(C(=O)Nc5ccc(F)cc5)CC4)cc3F)ccnc2cc1OCCCCC(=O)O.[CaH2]. The molecule has 10 nitrogen and oxygen atoms in total. The Kier molecular flexibility index (Phi) is 11.2. The van der Waals surface area contributed by atoms with Crippen molar-refractivity contribution in [1.82, 2.24) is 4.98 Å². The number of fused-ring (bicyclic) bond motifs is 1. The molecule has 1 aliphatic rings. The van der Waals surface area contributed by atoms with Crippen LogP contribution in [0.1, 0.15) is 32.1 Å². The van der Waals surface area contributed by atoms with Crippen molar-refractivity contribution in [3.05, 3.63) is 78.5 Å². The van der Waals surface area contributed by atoms with Crippen molar-refractivity contribution in [3.63, 3.8) is 0 Å². The molecule has 0 unspecified atom stereocenters. The second kappa shape index (κ2) is 14.9. The number of nitrogens with one attached hydrogen (secondary N) is 2. The number of methoxy groups -OCH3 is 1. The molecule has 5 rings (SSSR count). The van der Waals surface area contributed by atoms with Crippen molar-refractivity contribution in [2.75, 3.05) is 24.4 Å². The Balaban J connectivity index is 0.00000461. The summed E-state index contributed by atoms with van der Waals surface area (Å²) in [5.74, 6) is -2.15. The summed E-state index contributed by atoms with van der Waals surface area (Å²) in [6.07, 6.45) is 3.23. The molecule has 45 heavy (non-hydrogen) atoms. The van der Waals surface area contributed by atoms with Crippen LogP contribution in [0.3, 0.4) is 0 Å². The predicted octanol–water partition coefficient (Wildman–Crippen LogP) is 5.39. The number of anilines is 2. The van der Waals surface area contributed by atoms with Gasteiger partial charge in [-0.15, -0.1) is 0 Å². The second-order valence-electron chi connectivity index (χ2n) is 10.3. The third kappa shape index (κ3) is 8.19. The Morgan fingerprint density at radius 1 is 0.867 bits per heavy atom. The Labute approximate surface area is 287 Å². The maximum absolute atomic E-state index is 15.2. The standard InChI is InChI=1S/C32H29F2N3O7.Ca.2H/c1-42-27-17-22-24(18-28(27)43-15-3-2-4-29(38)39)35-14-11-25(22)44-26-10-9-21(16-23(26)34)37-31(41)32(12-13-32)30(40)36-20-7-5-19(33)6-8-20;;;/h5-11,14,16-18H,2-4,12-13,15H2,1H3,(H,36,40)(H,37,41)(H,38,39);;;. The van der Waals surface area contributed by atoms with Gasteiger partial charge in [0.15, 0.2) is 23.1 Å². The molecule has 1 saturated carbocycles. The zero-order valence-corrected chi connectivity index (χ0v) is 23.7. The van der Waals surface area contributed by atoms with Crippen molar-refractivity contribution in [2.24, 2.45) is 5.41 Å². The summed E-state index contributed by atoms with van der Waals surface area (Å²) < 4.78 is 45.4. The zero-order chi connectivity index (χ0) is 31.3. The van der Waals surface area contributed by atoms with Gasteiger partial charge in [-0.2, -0.15) is 0 Å². The molecule has 232 valence electrons. The normalized spacial score (nSPS) is 12.9. The topological polar surface area (TPSA) is 136 Å². The Bertz CT molecular complexity index is 1720. The fourth-order valence-electron chi connectivity index (χ4n) is 4.55. The van der Waals surface area contributed by atoms with E-state index in [9.17, 15) is 18.8 Å². The number of pyridine rings is 1. The second-order valence-corrected chi connectivity index (χ2v) is 10.3. The van der Waals surface area contributed by atoms with Gasteiger partial charge in [0, 0.05) is 41.5 Å². The van der Waals surface area contributed by atoms with Gasteiger partial charge in [0.2, 0.25) is 11.8 Å². The number of ether oxygens (including phenoxy) is 3. The molecule has 2 amide bonds. The van der Waals surface area contributed by atoms with Crippen LogP contribution in [0, 0.1) is 17.0 Å². The summed E-state index contributed by atoms with van der Waals surface area (Å²) in [5.41, 5.74) is -0.286. The summed E-state index contributed by atoms with van der Waals surface area (Å²) in [7, 11) is 1.47. The molecule has 1 heterocycles. The van der Waals surface area contributed by atoms with E-state index in [2.05, 4.69) is 15.6 Å². The molecule has 3 aromatic carbocycles. The molecule has 0 saturated heterocycles. The van der Waals surface area contributed by atoms with Crippen LogP contribution in [-0.2, 0) is 14.4 Å². The minimum atomic E-state index is -1.30. The molecule has 0 aliphatic heterocycles. The molecule has 4 aromatic rings. The average molecular weight is 648 g/mol. The number of aliphatic carboxylic acids is 1. The fourth-order valence-corrected chi connectivity index (χ4v) is 4.55. The summed E-state index contributed by atoms with van der Waals surface area (Å²) in [6.45, 7) is 0.291. The van der Waals surface area contributed by atoms with Gasteiger partial charge in [-0.25, -0.2) is 8.78 Å². The van der Waals surface area contributed by atoms with Crippen LogP contribution in [0.25, 0.3) is 10.9 Å². The zero-order valence-electron chi connectivity index (χ0n) is 23.7. The number of rotatable bonds is 13. The van der Waals surface area contributed by atoms with E-state index >= 15 is 4.39 Å². The van der Waals surface area contributed by atoms with E-state index in [1.807, 2.05) is 0 Å². The number of nitrogens with zero attached hydrogens (tertiary/aromatic N) is 1. The van der Waals surface area contributed by atoms with E-state index in [0.717, 1.165) is 6.07 Å². The van der Waals surface area contributed by atoms with E-state index in [4.69, 9.17) is 19.3 Å². The van der Waals surface area contributed by atoms with E-state index < -0.39 is 34.8 Å². The first-order valence-electron chi connectivity index (χ1n) is 13.9. The number of carboxylic acids is 1. The van der Waals surface area contributed by atoms with Crippen LogP contribution in [0.5, 0.6) is 23.0 Å². The van der Waals surface area contributed by atoms with Gasteiger partial charge in [0.25, 0.3) is 0 Å². The number of aromatic nitrogens is 1. The summed E-state index contributed by atoms with van der Waals surface area (Å²) >= 11 is 0. The molecular weight excluding hydrogens is 616 g/mol. The van der Waals surface area contributed by atoms with Gasteiger partial charge in [0.1, 0.15) is 17.0 Å². The van der Waals surface area contributed by atoms with Gasteiger partial charge >= 0.3 is 43.7 Å². The maximum atomic E-state index is 15.2. The number of unbranched alkanes of at least 4 members (excludes halogenated alkanes) is 1. The molecule has 0 bridgehead atoms. The first-order chi connectivity index (χ1) is 21.2. The number of carboxylic acid groups (broad SMARTS) is 1. The molecular formula is C32H31CaF2N3O7.